The Morgan fingerprint density at radius 1 is 1.53 bits per heavy atom. The van der Waals surface area contributed by atoms with Crippen molar-refractivity contribution < 1.29 is 17.7 Å². The minimum Gasteiger partial charge on any atom is -0.373 e. The maximum absolute atomic E-state index is 11.2. The molecule has 1 aliphatic heterocycles. The van der Waals surface area contributed by atoms with Crippen LogP contribution in [-0.4, -0.2) is 25.7 Å². The molecule has 0 radical (unpaired) electrons. The molecule has 82 valence electrons. The summed E-state index contributed by atoms with van der Waals surface area (Å²) < 4.78 is 36.5. The molecule has 1 fully saturated rings. The number of aryl methyl sites for hydroxylation is 1. The molecule has 0 aromatic heterocycles. The summed E-state index contributed by atoms with van der Waals surface area (Å²) >= 11 is 0. The maximum atomic E-state index is 11.2. The van der Waals surface area contributed by atoms with Crippen LogP contribution < -0.4 is 0 Å². The summed E-state index contributed by atoms with van der Waals surface area (Å²) in [4.78, 5) is 0.0282. The van der Waals surface area contributed by atoms with Gasteiger partial charge in [-0.05, 0) is 18.1 Å². The molecule has 15 heavy (non-hydrogen) atoms. The Labute approximate surface area is 88.6 Å². The van der Waals surface area contributed by atoms with Gasteiger partial charge in [0.05, 0.1) is 12.7 Å². The van der Waals surface area contributed by atoms with Crippen molar-refractivity contribution in [3.05, 3.63) is 29.3 Å². The molecule has 1 atom stereocenters. The number of ether oxygens (including phenoxy) is 1. The molecular formula is C10H12O4S. The van der Waals surface area contributed by atoms with Gasteiger partial charge >= 0.3 is 0 Å². The van der Waals surface area contributed by atoms with E-state index < -0.39 is 10.1 Å². The van der Waals surface area contributed by atoms with Gasteiger partial charge in [-0.3, -0.25) is 4.55 Å². The fourth-order valence-electron chi connectivity index (χ4n) is 1.67. The average molecular weight is 228 g/mol. The van der Waals surface area contributed by atoms with Crippen LogP contribution in [0.3, 0.4) is 0 Å². The lowest BCUT2D eigenvalue weighted by Gasteiger charge is -2.08. The van der Waals surface area contributed by atoms with E-state index in [2.05, 4.69) is 0 Å². The summed E-state index contributed by atoms with van der Waals surface area (Å²) in [5.74, 6) is 0. The van der Waals surface area contributed by atoms with Gasteiger partial charge in [0.2, 0.25) is 0 Å². The van der Waals surface area contributed by atoms with Crippen LogP contribution in [0.2, 0.25) is 0 Å². The van der Waals surface area contributed by atoms with Crippen molar-refractivity contribution in [2.24, 2.45) is 0 Å². The summed E-state index contributed by atoms with van der Waals surface area (Å²) in [5, 5.41) is 0. The van der Waals surface area contributed by atoms with Gasteiger partial charge in [-0.25, -0.2) is 0 Å². The molecule has 1 aliphatic rings. The number of hydrogen-bond donors (Lipinski definition) is 1. The normalized spacial score (nSPS) is 20.3. The first kappa shape index (κ1) is 10.6. The molecule has 1 N–H and O–H groups in total. The van der Waals surface area contributed by atoms with Crippen molar-refractivity contribution in [1.82, 2.24) is 0 Å². The van der Waals surface area contributed by atoms with E-state index in [4.69, 9.17) is 9.29 Å². The first-order chi connectivity index (χ1) is 6.98. The smallest absolute Gasteiger partial charge is 0.295 e. The molecular weight excluding hydrogens is 216 g/mol. The van der Waals surface area contributed by atoms with Crippen molar-refractivity contribution in [2.75, 3.05) is 6.61 Å². The molecule has 4 nitrogen and oxygen atoms in total. The molecule has 1 aromatic rings. The molecule has 0 spiro atoms. The van der Waals surface area contributed by atoms with Crippen LogP contribution in [-0.2, 0) is 21.3 Å². The van der Waals surface area contributed by atoms with Gasteiger partial charge in [0.1, 0.15) is 4.90 Å². The molecule has 1 heterocycles. The van der Waals surface area contributed by atoms with Gasteiger partial charge in [0, 0.05) is 6.42 Å². The average Bonchev–Trinajstić information content (AvgIpc) is 2.85. The third kappa shape index (κ3) is 2.37. The first-order valence-electron chi connectivity index (χ1n) is 4.66. The predicted molar refractivity (Wildman–Crippen MR) is 54.4 cm³/mol. The summed E-state index contributed by atoms with van der Waals surface area (Å²) in [5.41, 5.74) is 1.19. The number of rotatable bonds is 3. The molecule has 5 heteroatoms. The van der Waals surface area contributed by atoms with E-state index in [0.717, 1.165) is 0 Å². The SMILES string of the molecule is Cc1cccc(C[C@@H]2CO2)c1S(=O)(=O)O. The van der Waals surface area contributed by atoms with Gasteiger partial charge in [0.15, 0.2) is 0 Å². The highest BCUT2D eigenvalue weighted by Crippen LogP contribution is 2.24. The number of hydrogen-bond acceptors (Lipinski definition) is 3. The van der Waals surface area contributed by atoms with E-state index in [0.29, 0.717) is 24.2 Å². The van der Waals surface area contributed by atoms with Crippen LogP contribution in [0.4, 0.5) is 0 Å². The van der Waals surface area contributed by atoms with Crippen molar-refractivity contribution in [2.45, 2.75) is 24.3 Å². The van der Waals surface area contributed by atoms with Crippen molar-refractivity contribution >= 4 is 10.1 Å². The van der Waals surface area contributed by atoms with Crippen molar-refractivity contribution in [3.8, 4) is 0 Å². The summed E-state index contributed by atoms with van der Waals surface area (Å²) in [7, 11) is -4.14. The maximum Gasteiger partial charge on any atom is 0.295 e. The quantitative estimate of drug-likeness (QED) is 0.623. The number of benzene rings is 1. The van der Waals surface area contributed by atoms with Crippen molar-refractivity contribution in [1.29, 1.82) is 0 Å². The third-order valence-corrected chi connectivity index (χ3v) is 3.50. The van der Waals surface area contributed by atoms with E-state index in [1.165, 1.54) is 0 Å². The highest BCUT2D eigenvalue weighted by Gasteiger charge is 2.27. The predicted octanol–water partition coefficient (Wildman–Crippen LogP) is 1.18. The highest BCUT2D eigenvalue weighted by molar-refractivity contribution is 7.86. The second-order valence-electron chi connectivity index (χ2n) is 3.70. The fraction of sp³-hybridized carbons (Fsp3) is 0.400. The van der Waals surface area contributed by atoms with Crippen molar-refractivity contribution in [3.63, 3.8) is 0 Å². The minimum absolute atomic E-state index is 0.0282. The van der Waals surface area contributed by atoms with Crippen LogP contribution in [0, 0.1) is 6.92 Å². The Balaban J connectivity index is 2.47. The number of epoxide rings is 1. The Bertz CT molecular complexity index is 474. The van der Waals surface area contributed by atoms with Crippen LogP contribution in [0.5, 0.6) is 0 Å². The minimum atomic E-state index is -4.14. The van der Waals surface area contributed by atoms with E-state index in [1.807, 2.05) is 0 Å². The molecule has 0 bridgehead atoms. The van der Waals surface area contributed by atoms with Gasteiger partial charge in [-0.1, -0.05) is 18.2 Å². The molecule has 0 saturated carbocycles. The van der Waals surface area contributed by atoms with E-state index >= 15 is 0 Å². The molecule has 1 aromatic carbocycles. The van der Waals surface area contributed by atoms with Gasteiger partial charge in [-0.15, -0.1) is 0 Å². The Kier molecular flexibility index (Phi) is 2.54. The van der Waals surface area contributed by atoms with Crippen LogP contribution in [0.1, 0.15) is 11.1 Å². The lowest BCUT2D eigenvalue weighted by atomic mass is 10.1. The summed E-state index contributed by atoms with van der Waals surface area (Å²) in [6, 6.07) is 5.15. The summed E-state index contributed by atoms with van der Waals surface area (Å²) in [6.07, 6.45) is 0.642. The molecule has 0 amide bonds. The Hall–Kier alpha value is -0.910. The molecule has 1 saturated heterocycles. The zero-order valence-corrected chi connectivity index (χ0v) is 9.12. The van der Waals surface area contributed by atoms with Gasteiger partial charge in [-0.2, -0.15) is 8.42 Å². The Morgan fingerprint density at radius 2 is 2.20 bits per heavy atom. The van der Waals surface area contributed by atoms with E-state index in [-0.39, 0.29) is 11.0 Å². The highest BCUT2D eigenvalue weighted by atomic mass is 32.2. The van der Waals surface area contributed by atoms with E-state index in [1.54, 1.807) is 25.1 Å². The largest absolute Gasteiger partial charge is 0.373 e. The zero-order valence-electron chi connectivity index (χ0n) is 8.30. The fourth-order valence-corrected chi connectivity index (χ4v) is 2.63. The lowest BCUT2D eigenvalue weighted by Crippen LogP contribution is -2.07. The second-order valence-corrected chi connectivity index (χ2v) is 5.06. The van der Waals surface area contributed by atoms with E-state index in [9.17, 15) is 8.42 Å². The molecule has 0 unspecified atom stereocenters. The Morgan fingerprint density at radius 3 is 2.73 bits per heavy atom. The first-order valence-corrected chi connectivity index (χ1v) is 6.10. The second kappa shape index (κ2) is 3.59. The lowest BCUT2D eigenvalue weighted by molar-refractivity contribution is 0.406. The zero-order chi connectivity index (χ0) is 11.1. The van der Waals surface area contributed by atoms with Crippen LogP contribution >= 0.6 is 0 Å². The summed E-state index contributed by atoms with van der Waals surface area (Å²) in [6.45, 7) is 2.33. The van der Waals surface area contributed by atoms with Gasteiger partial charge in [0.25, 0.3) is 10.1 Å². The standard InChI is InChI=1S/C10H12O4S/c1-7-3-2-4-8(5-9-6-14-9)10(7)15(11,12)13/h2-4,9H,5-6H2,1H3,(H,11,12,13)/t9-/m1/s1. The molecule has 0 aliphatic carbocycles. The third-order valence-electron chi connectivity index (χ3n) is 2.40. The monoisotopic (exact) mass is 228 g/mol. The van der Waals surface area contributed by atoms with Gasteiger partial charge < -0.3 is 4.74 Å². The van der Waals surface area contributed by atoms with Crippen LogP contribution in [0.15, 0.2) is 23.1 Å². The molecule has 2 rings (SSSR count). The topological polar surface area (TPSA) is 66.9 Å². The van der Waals surface area contributed by atoms with Crippen LogP contribution in [0.25, 0.3) is 0 Å².